The SMILES string of the molecule is CCCCCCCCCC(=O)NNC(=O)C(Cc1c[nH]c2ccccc12)NS(=O)(=O)c1ccc(Br)cc1. The summed E-state index contributed by atoms with van der Waals surface area (Å²) in [5.41, 5.74) is 6.51. The molecule has 1 atom stereocenters. The number of fused-ring (bicyclic) bond motifs is 1. The molecule has 2 amide bonds. The smallest absolute Gasteiger partial charge is 0.256 e. The van der Waals surface area contributed by atoms with E-state index in [2.05, 4.69) is 43.4 Å². The number of para-hydroxylation sites is 1. The number of aromatic amines is 1. The van der Waals surface area contributed by atoms with E-state index in [9.17, 15) is 18.0 Å². The highest BCUT2D eigenvalue weighted by molar-refractivity contribution is 9.10. The number of rotatable bonds is 14. The molecule has 0 fully saturated rings. The Morgan fingerprint density at radius 2 is 1.59 bits per heavy atom. The molecule has 3 aromatic rings. The van der Waals surface area contributed by atoms with E-state index in [1.165, 1.54) is 37.8 Å². The lowest BCUT2D eigenvalue weighted by atomic mass is 10.1. The Hall–Kier alpha value is -2.69. The summed E-state index contributed by atoms with van der Waals surface area (Å²) in [5.74, 6) is -0.942. The van der Waals surface area contributed by atoms with Gasteiger partial charge in [0.05, 0.1) is 4.90 Å². The maximum atomic E-state index is 13.1. The number of benzene rings is 2. The minimum atomic E-state index is -4.00. The molecule has 0 aliphatic carbocycles. The molecular formula is C27H35BrN4O4S. The van der Waals surface area contributed by atoms with Gasteiger partial charge in [-0.05, 0) is 48.7 Å². The van der Waals surface area contributed by atoms with Gasteiger partial charge in [0, 0.05) is 28.0 Å². The van der Waals surface area contributed by atoms with Crippen molar-refractivity contribution in [3.05, 3.63) is 64.8 Å². The van der Waals surface area contributed by atoms with Crippen molar-refractivity contribution >= 4 is 48.7 Å². The Morgan fingerprint density at radius 3 is 2.32 bits per heavy atom. The minimum absolute atomic E-state index is 0.0374. The third-order valence-corrected chi connectivity index (χ3v) is 8.19. The zero-order valence-electron chi connectivity index (χ0n) is 21.1. The Labute approximate surface area is 227 Å². The number of aromatic nitrogens is 1. The summed E-state index contributed by atoms with van der Waals surface area (Å²) < 4.78 is 29.4. The molecular weight excluding hydrogens is 556 g/mol. The first-order chi connectivity index (χ1) is 17.8. The van der Waals surface area contributed by atoms with Crippen LogP contribution < -0.4 is 15.6 Å². The monoisotopic (exact) mass is 590 g/mol. The number of sulfonamides is 1. The number of amides is 2. The predicted molar refractivity (Wildman–Crippen MR) is 149 cm³/mol. The quantitative estimate of drug-likeness (QED) is 0.154. The number of hydrogen-bond donors (Lipinski definition) is 4. The Bertz CT molecular complexity index is 1280. The van der Waals surface area contributed by atoms with Gasteiger partial charge in [-0.3, -0.25) is 20.4 Å². The molecule has 4 N–H and O–H groups in total. The second-order valence-corrected chi connectivity index (χ2v) is 11.7. The summed E-state index contributed by atoms with van der Waals surface area (Å²) in [6, 6.07) is 12.6. The van der Waals surface area contributed by atoms with Crippen LogP contribution in [-0.2, 0) is 26.0 Å². The first kappa shape index (κ1) is 28.9. The van der Waals surface area contributed by atoms with Crippen LogP contribution in [0.25, 0.3) is 10.9 Å². The van der Waals surface area contributed by atoms with Crippen molar-refractivity contribution in [2.75, 3.05) is 0 Å². The largest absolute Gasteiger partial charge is 0.361 e. The van der Waals surface area contributed by atoms with Crippen molar-refractivity contribution in [1.29, 1.82) is 0 Å². The van der Waals surface area contributed by atoms with Crippen molar-refractivity contribution in [2.24, 2.45) is 0 Å². The second kappa shape index (κ2) is 14.3. The molecule has 0 aliphatic heterocycles. The van der Waals surface area contributed by atoms with Crippen molar-refractivity contribution < 1.29 is 18.0 Å². The van der Waals surface area contributed by atoms with Gasteiger partial charge >= 0.3 is 0 Å². The summed E-state index contributed by atoms with van der Waals surface area (Å²) in [6.45, 7) is 2.18. The predicted octanol–water partition coefficient (Wildman–Crippen LogP) is 5.11. The zero-order valence-corrected chi connectivity index (χ0v) is 23.5. The number of unbranched alkanes of at least 4 members (excludes halogenated alkanes) is 6. The molecule has 3 rings (SSSR count). The molecule has 1 heterocycles. The fourth-order valence-corrected chi connectivity index (χ4v) is 5.56. The van der Waals surface area contributed by atoms with Crippen LogP contribution >= 0.6 is 15.9 Å². The maximum absolute atomic E-state index is 13.1. The minimum Gasteiger partial charge on any atom is -0.361 e. The Balaban J connectivity index is 1.63. The molecule has 2 aromatic carbocycles. The van der Waals surface area contributed by atoms with E-state index in [1.54, 1.807) is 18.3 Å². The number of nitrogens with one attached hydrogen (secondary N) is 4. The lowest BCUT2D eigenvalue weighted by Crippen LogP contribution is -2.53. The molecule has 10 heteroatoms. The van der Waals surface area contributed by atoms with E-state index < -0.39 is 22.0 Å². The van der Waals surface area contributed by atoms with E-state index in [0.717, 1.165) is 40.2 Å². The van der Waals surface area contributed by atoms with Crippen LogP contribution in [0.3, 0.4) is 0 Å². The Morgan fingerprint density at radius 1 is 0.919 bits per heavy atom. The summed E-state index contributed by atoms with van der Waals surface area (Å²) >= 11 is 3.30. The van der Waals surface area contributed by atoms with Crippen LogP contribution in [0.1, 0.15) is 63.9 Å². The van der Waals surface area contributed by atoms with E-state index in [0.29, 0.717) is 6.42 Å². The zero-order chi connectivity index (χ0) is 26.7. The molecule has 0 aliphatic rings. The lowest BCUT2D eigenvalue weighted by molar-refractivity contribution is -0.129. The number of hydrogen-bond acceptors (Lipinski definition) is 4. The molecule has 0 spiro atoms. The van der Waals surface area contributed by atoms with E-state index in [-0.39, 0.29) is 17.2 Å². The highest BCUT2D eigenvalue weighted by Crippen LogP contribution is 2.20. The third kappa shape index (κ3) is 8.98. The topological polar surface area (TPSA) is 120 Å². The van der Waals surface area contributed by atoms with Crippen molar-refractivity contribution in [3.8, 4) is 0 Å². The molecule has 8 nitrogen and oxygen atoms in total. The average Bonchev–Trinajstić information content (AvgIpc) is 3.29. The molecule has 200 valence electrons. The van der Waals surface area contributed by atoms with Gasteiger partial charge in [-0.15, -0.1) is 0 Å². The van der Waals surface area contributed by atoms with Gasteiger partial charge in [-0.25, -0.2) is 8.42 Å². The van der Waals surface area contributed by atoms with Gasteiger partial charge in [0.15, 0.2) is 0 Å². The summed E-state index contributed by atoms with van der Waals surface area (Å²) in [5, 5.41) is 0.895. The second-order valence-electron chi connectivity index (χ2n) is 9.10. The van der Waals surface area contributed by atoms with Crippen LogP contribution in [0.2, 0.25) is 0 Å². The summed E-state index contributed by atoms with van der Waals surface area (Å²) in [4.78, 5) is 28.5. The molecule has 0 saturated heterocycles. The lowest BCUT2D eigenvalue weighted by Gasteiger charge is -2.19. The molecule has 37 heavy (non-hydrogen) atoms. The molecule has 1 unspecified atom stereocenters. The van der Waals surface area contributed by atoms with Gasteiger partial charge in [0.2, 0.25) is 15.9 Å². The summed E-state index contributed by atoms with van der Waals surface area (Å²) in [6.07, 6.45) is 9.75. The molecule has 0 radical (unpaired) electrons. The highest BCUT2D eigenvalue weighted by Gasteiger charge is 2.27. The number of hydrazine groups is 1. The number of carbonyl (C=O) groups is 2. The van der Waals surface area contributed by atoms with Crippen molar-refractivity contribution in [3.63, 3.8) is 0 Å². The normalized spacial score (nSPS) is 12.4. The van der Waals surface area contributed by atoms with Crippen LogP contribution in [0.5, 0.6) is 0 Å². The highest BCUT2D eigenvalue weighted by atomic mass is 79.9. The van der Waals surface area contributed by atoms with Gasteiger partial charge in [-0.1, -0.05) is 79.6 Å². The number of carbonyl (C=O) groups excluding carboxylic acids is 2. The van der Waals surface area contributed by atoms with Crippen LogP contribution in [-0.4, -0.2) is 31.3 Å². The van der Waals surface area contributed by atoms with Crippen LogP contribution in [0.15, 0.2) is 64.1 Å². The Kier molecular flexibility index (Phi) is 11.2. The van der Waals surface area contributed by atoms with Gasteiger partial charge in [-0.2, -0.15) is 4.72 Å². The fourth-order valence-electron chi connectivity index (χ4n) is 4.10. The molecule has 0 bridgehead atoms. The average molecular weight is 592 g/mol. The van der Waals surface area contributed by atoms with Gasteiger partial charge in [0.1, 0.15) is 6.04 Å². The van der Waals surface area contributed by atoms with E-state index in [4.69, 9.17) is 0 Å². The third-order valence-electron chi connectivity index (χ3n) is 6.17. The molecule has 0 saturated carbocycles. The van der Waals surface area contributed by atoms with Crippen LogP contribution in [0, 0.1) is 0 Å². The summed E-state index contributed by atoms with van der Waals surface area (Å²) in [7, 11) is -4.00. The van der Waals surface area contributed by atoms with Gasteiger partial charge < -0.3 is 4.98 Å². The van der Waals surface area contributed by atoms with Gasteiger partial charge in [0.25, 0.3) is 5.91 Å². The first-order valence-corrected chi connectivity index (χ1v) is 15.0. The van der Waals surface area contributed by atoms with Crippen molar-refractivity contribution in [1.82, 2.24) is 20.6 Å². The number of halogens is 1. The van der Waals surface area contributed by atoms with Crippen molar-refractivity contribution in [2.45, 2.75) is 75.6 Å². The first-order valence-electron chi connectivity index (χ1n) is 12.7. The van der Waals surface area contributed by atoms with Crippen LogP contribution in [0.4, 0.5) is 0 Å². The standard InChI is InChI=1S/C27H35BrN4O4S/c1-2-3-4-5-6-7-8-13-26(33)30-31-27(34)25(18-20-19-29-24-12-10-9-11-23(20)24)32-37(35,36)22-16-14-21(28)15-17-22/h9-12,14-17,19,25,29,32H,2-8,13,18H2,1H3,(H,30,33)(H,31,34). The van der Waals surface area contributed by atoms with E-state index in [1.807, 2.05) is 24.3 Å². The van der Waals surface area contributed by atoms with E-state index >= 15 is 0 Å². The fraction of sp³-hybridized carbons (Fsp3) is 0.407. The maximum Gasteiger partial charge on any atom is 0.256 e. The molecule has 1 aromatic heterocycles. The number of H-pyrrole nitrogens is 1.